The fourth-order valence-electron chi connectivity index (χ4n) is 3.20. The summed E-state index contributed by atoms with van der Waals surface area (Å²) in [5.74, 6) is 1.71. The summed E-state index contributed by atoms with van der Waals surface area (Å²) in [6.07, 6.45) is 5.92. The molecule has 5 nitrogen and oxygen atoms in total. The Morgan fingerprint density at radius 2 is 2.35 bits per heavy atom. The molecule has 0 radical (unpaired) electrons. The van der Waals surface area contributed by atoms with Crippen molar-refractivity contribution < 1.29 is 4.74 Å². The lowest BCUT2D eigenvalue weighted by molar-refractivity contribution is 0.167. The number of anilines is 1. The maximum absolute atomic E-state index is 5.55. The molecule has 104 valence electrons. The van der Waals surface area contributed by atoms with Gasteiger partial charge < -0.3 is 10.1 Å². The van der Waals surface area contributed by atoms with Gasteiger partial charge in [0.15, 0.2) is 0 Å². The summed E-state index contributed by atoms with van der Waals surface area (Å²) in [6.45, 7) is 2.77. The van der Waals surface area contributed by atoms with Crippen molar-refractivity contribution in [2.75, 3.05) is 25.1 Å². The second-order valence-electron chi connectivity index (χ2n) is 5.51. The molecule has 0 aromatic carbocycles. The molecule has 1 fully saturated rings. The van der Waals surface area contributed by atoms with Gasteiger partial charge in [0.2, 0.25) is 0 Å². The number of nitrogens with one attached hydrogen (secondary N) is 1. The molecule has 0 saturated carbocycles. The first-order valence-corrected chi connectivity index (χ1v) is 7.23. The number of aromatic nitrogens is 3. The molecule has 0 aliphatic carbocycles. The predicted molar refractivity (Wildman–Crippen MR) is 76.5 cm³/mol. The van der Waals surface area contributed by atoms with Gasteiger partial charge in [0.1, 0.15) is 5.82 Å². The molecule has 4 rings (SSSR count). The molecule has 2 atom stereocenters. The number of pyridine rings is 1. The molecule has 1 saturated heterocycles. The summed E-state index contributed by atoms with van der Waals surface area (Å²) < 4.78 is 7.70. The Kier molecular flexibility index (Phi) is 2.92. The Morgan fingerprint density at radius 1 is 1.35 bits per heavy atom. The van der Waals surface area contributed by atoms with Gasteiger partial charge in [-0.15, -0.1) is 0 Å². The summed E-state index contributed by atoms with van der Waals surface area (Å²) in [5, 5.41) is 8.25. The van der Waals surface area contributed by atoms with E-state index in [4.69, 9.17) is 9.84 Å². The monoisotopic (exact) mass is 270 g/mol. The second kappa shape index (κ2) is 4.90. The van der Waals surface area contributed by atoms with Gasteiger partial charge >= 0.3 is 0 Å². The molecule has 1 N–H and O–H groups in total. The average molecular weight is 270 g/mol. The molecule has 20 heavy (non-hydrogen) atoms. The zero-order valence-electron chi connectivity index (χ0n) is 11.3. The van der Waals surface area contributed by atoms with E-state index in [9.17, 15) is 0 Å². The van der Waals surface area contributed by atoms with Crippen LogP contribution in [0.25, 0.3) is 11.3 Å². The Bertz CT molecular complexity index is 589. The highest BCUT2D eigenvalue weighted by molar-refractivity contribution is 5.62. The van der Waals surface area contributed by atoms with E-state index in [1.54, 1.807) is 6.20 Å². The van der Waals surface area contributed by atoms with Gasteiger partial charge in [-0.05, 0) is 25.0 Å². The maximum Gasteiger partial charge on any atom is 0.125 e. The van der Waals surface area contributed by atoms with Crippen LogP contribution in [0.3, 0.4) is 0 Å². The average Bonchev–Trinajstić information content (AvgIpc) is 3.17. The molecule has 2 unspecified atom stereocenters. The van der Waals surface area contributed by atoms with E-state index in [0.717, 1.165) is 49.7 Å². The largest absolute Gasteiger partial charge is 0.381 e. The van der Waals surface area contributed by atoms with Crippen LogP contribution in [0.4, 0.5) is 5.82 Å². The molecular formula is C15H18N4O. The Hall–Kier alpha value is -1.88. The molecule has 4 heterocycles. The SMILES string of the molecule is c1cncc(-c2cc3n(n2)C(C2CCOC2)CCN3)c1. The van der Waals surface area contributed by atoms with Crippen molar-refractivity contribution in [1.29, 1.82) is 0 Å². The van der Waals surface area contributed by atoms with Crippen molar-refractivity contribution in [3.8, 4) is 11.3 Å². The topological polar surface area (TPSA) is 52.0 Å². The molecule has 0 spiro atoms. The highest BCUT2D eigenvalue weighted by atomic mass is 16.5. The van der Waals surface area contributed by atoms with Crippen LogP contribution in [0, 0.1) is 5.92 Å². The van der Waals surface area contributed by atoms with Crippen molar-refractivity contribution in [2.24, 2.45) is 5.92 Å². The summed E-state index contributed by atoms with van der Waals surface area (Å²) in [5.41, 5.74) is 2.06. The summed E-state index contributed by atoms with van der Waals surface area (Å²) >= 11 is 0. The number of rotatable bonds is 2. The lowest BCUT2D eigenvalue weighted by Crippen LogP contribution is -2.29. The molecule has 0 amide bonds. The van der Waals surface area contributed by atoms with Gasteiger partial charge in [-0.2, -0.15) is 5.10 Å². The van der Waals surface area contributed by atoms with Crippen LogP contribution in [-0.4, -0.2) is 34.5 Å². The second-order valence-corrected chi connectivity index (χ2v) is 5.51. The third-order valence-electron chi connectivity index (χ3n) is 4.26. The fourth-order valence-corrected chi connectivity index (χ4v) is 3.20. The van der Waals surface area contributed by atoms with Gasteiger partial charge in [-0.3, -0.25) is 4.98 Å². The molecule has 2 aliphatic heterocycles. The van der Waals surface area contributed by atoms with E-state index in [-0.39, 0.29) is 0 Å². The molecule has 5 heteroatoms. The van der Waals surface area contributed by atoms with Gasteiger partial charge in [0, 0.05) is 43.1 Å². The lowest BCUT2D eigenvalue weighted by atomic mass is 9.95. The summed E-state index contributed by atoms with van der Waals surface area (Å²) in [7, 11) is 0. The van der Waals surface area contributed by atoms with Gasteiger partial charge in [-0.25, -0.2) is 4.68 Å². The van der Waals surface area contributed by atoms with E-state index in [1.165, 1.54) is 0 Å². The van der Waals surface area contributed by atoms with Crippen molar-refractivity contribution in [2.45, 2.75) is 18.9 Å². The van der Waals surface area contributed by atoms with Crippen molar-refractivity contribution in [3.63, 3.8) is 0 Å². The van der Waals surface area contributed by atoms with E-state index in [1.807, 2.05) is 12.3 Å². The van der Waals surface area contributed by atoms with Crippen molar-refractivity contribution in [3.05, 3.63) is 30.6 Å². The maximum atomic E-state index is 5.55. The molecule has 2 aliphatic rings. The Balaban J connectivity index is 1.70. The minimum absolute atomic E-state index is 0.458. The van der Waals surface area contributed by atoms with Crippen LogP contribution >= 0.6 is 0 Å². The van der Waals surface area contributed by atoms with Crippen molar-refractivity contribution >= 4 is 5.82 Å². The third-order valence-corrected chi connectivity index (χ3v) is 4.26. The van der Waals surface area contributed by atoms with E-state index >= 15 is 0 Å². The minimum atomic E-state index is 0.458. The van der Waals surface area contributed by atoms with Crippen LogP contribution in [0.5, 0.6) is 0 Å². The summed E-state index contributed by atoms with van der Waals surface area (Å²) in [6, 6.07) is 6.58. The van der Waals surface area contributed by atoms with Crippen LogP contribution in [0.2, 0.25) is 0 Å². The van der Waals surface area contributed by atoms with E-state index in [0.29, 0.717) is 12.0 Å². The standard InChI is InChI=1S/C15H18N4O/c1-2-11(9-16-5-1)13-8-15-17-6-3-14(19(15)18-13)12-4-7-20-10-12/h1-2,5,8-9,12,14,17H,3-4,6-7,10H2. The number of nitrogens with zero attached hydrogens (tertiary/aromatic N) is 3. The van der Waals surface area contributed by atoms with Crippen LogP contribution in [0.1, 0.15) is 18.9 Å². The molecule has 2 aromatic rings. The molecular weight excluding hydrogens is 252 g/mol. The zero-order valence-corrected chi connectivity index (χ0v) is 11.3. The first-order chi connectivity index (χ1) is 9.92. The Labute approximate surface area is 118 Å². The van der Waals surface area contributed by atoms with E-state index in [2.05, 4.69) is 27.1 Å². The smallest absolute Gasteiger partial charge is 0.125 e. The molecule has 0 bridgehead atoms. The lowest BCUT2D eigenvalue weighted by Gasteiger charge is -2.29. The predicted octanol–water partition coefficient (Wildman–Crippen LogP) is 2.34. The zero-order chi connectivity index (χ0) is 13.4. The highest BCUT2D eigenvalue weighted by Gasteiger charge is 2.31. The first-order valence-electron chi connectivity index (χ1n) is 7.23. The van der Waals surface area contributed by atoms with Gasteiger partial charge in [0.25, 0.3) is 0 Å². The number of fused-ring (bicyclic) bond motifs is 1. The highest BCUT2D eigenvalue weighted by Crippen LogP contribution is 2.35. The van der Waals surface area contributed by atoms with Crippen LogP contribution in [0.15, 0.2) is 30.6 Å². The van der Waals surface area contributed by atoms with E-state index < -0.39 is 0 Å². The van der Waals surface area contributed by atoms with Gasteiger partial charge in [-0.1, -0.05) is 0 Å². The minimum Gasteiger partial charge on any atom is -0.381 e. The number of hydrogen-bond acceptors (Lipinski definition) is 4. The quantitative estimate of drug-likeness (QED) is 0.910. The molecule has 2 aromatic heterocycles. The normalized spacial score (nSPS) is 25.2. The third kappa shape index (κ3) is 1.98. The first kappa shape index (κ1) is 11.9. The Morgan fingerprint density at radius 3 is 3.15 bits per heavy atom. The summed E-state index contributed by atoms with van der Waals surface area (Å²) in [4.78, 5) is 4.17. The fraction of sp³-hybridized carbons (Fsp3) is 0.467. The van der Waals surface area contributed by atoms with Gasteiger partial charge in [0.05, 0.1) is 18.3 Å². The number of ether oxygens (including phenoxy) is 1. The number of hydrogen-bond donors (Lipinski definition) is 1. The van der Waals surface area contributed by atoms with Crippen LogP contribution < -0.4 is 5.32 Å². The van der Waals surface area contributed by atoms with Crippen LogP contribution in [-0.2, 0) is 4.74 Å². The van der Waals surface area contributed by atoms with Crippen molar-refractivity contribution in [1.82, 2.24) is 14.8 Å².